The Hall–Kier alpha value is -5.84. The summed E-state index contributed by atoms with van der Waals surface area (Å²) in [7, 11) is 1.72. The van der Waals surface area contributed by atoms with Crippen LogP contribution in [0, 0.1) is 0 Å². The van der Waals surface area contributed by atoms with Crippen LogP contribution < -0.4 is 9.64 Å². The summed E-state index contributed by atoms with van der Waals surface area (Å²) in [6, 6.07) is 55.6. The molecule has 0 N–H and O–H groups in total. The van der Waals surface area contributed by atoms with Crippen LogP contribution in [0.2, 0.25) is 0 Å². The number of ether oxygens (including phenoxy) is 1. The Balaban J connectivity index is 1.20. The van der Waals surface area contributed by atoms with E-state index < -0.39 is 0 Å². The molecule has 0 amide bonds. The molecule has 50 heavy (non-hydrogen) atoms. The third-order valence-electron chi connectivity index (χ3n) is 10.7. The number of fused-ring (bicyclic) bond motifs is 9. The second kappa shape index (κ2) is 10.8. The number of thiophene rings is 1. The van der Waals surface area contributed by atoms with Crippen molar-refractivity contribution in [2.75, 3.05) is 12.0 Å². The van der Waals surface area contributed by atoms with Gasteiger partial charge in [0.25, 0.3) is 0 Å². The van der Waals surface area contributed by atoms with Crippen LogP contribution in [0.3, 0.4) is 0 Å². The maximum absolute atomic E-state index is 5.57. The van der Waals surface area contributed by atoms with Gasteiger partial charge in [0.05, 0.1) is 18.1 Å². The molecule has 7 aromatic carbocycles. The first-order valence-electron chi connectivity index (χ1n) is 17.1. The van der Waals surface area contributed by atoms with Crippen molar-refractivity contribution in [2.45, 2.75) is 19.3 Å². The normalized spacial score (nSPS) is 13.3. The van der Waals surface area contributed by atoms with E-state index in [2.05, 4.69) is 163 Å². The Morgan fingerprint density at radius 1 is 0.520 bits per heavy atom. The monoisotopic (exact) mass is 662 g/mol. The van der Waals surface area contributed by atoms with Crippen molar-refractivity contribution in [1.82, 2.24) is 4.57 Å². The van der Waals surface area contributed by atoms with Gasteiger partial charge in [0.15, 0.2) is 0 Å². The van der Waals surface area contributed by atoms with Crippen LogP contribution in [0.25, 0.3) is 58.8 Å². The smallest absolute Gasteiger partial charge is 0.119 e. The van der Waals surface area contributed by atoms with E-state index in [1.165, 1.54) is 64.2 Å². The van der Waals surface area contributed by atoms with Gasteiger partial charge >= 0.3 is 0 Å². The van der Waals surface area contributed by atoms with Crippen molar-refractivity contribution >= 4 is 70.4 Å². The maximum atomic E-state index is 5.57. The van der Waals surface area contributed by atoms with Gasteiger partial charge in [0.1, 0.15) is 5.75 Å². The van der Waals surface area contributed by atoms with E-state index in [-0.39, 0.29) is 5.41 Å². The highest BCUT2D eigenvalue weighted by Crippen LogP contribution is 2.51. The third kappa shape index (κ3) is 4.22. The molecule has 4 heteroatoms. The van der Waals surface area contributed by atoms with Gasteiger partial charge < -0.3 is 14.2 Å². The Kier molecular flexibility index (Phi) is 6.31. The molecule has 0 spiro atoms. The highest BCUT2D eigenvalue weighted by atomic mass is 32.1. The molecule has 0 aliphatic heterocycles. The third-order valence-corrected chi connectivity index (χ3v) is 11.8. The first-order chi connectivity index (χ1) is 24.5. The fourth-order valence-electron chi connectivity index (χ4n) is 8.24. The minimum absolute atomic E-state index is 0.103. The van der Waals surface area contributed by atoms with Gasteiger partial charge in [-0.15, -0.1) is 11.3 Å². The van der Waals surface area contributed by atoms with Crippen molar-refractivity contribution in [3.05, 3.63) is 163 Å². The van der Waals surface area contributed by atoms with Crippen LogP contribution in [0.1, 0.15) is 25.0 Å². The second-order valence-electron chi connectivity index (χ2n) is 13.8. The molecule has 1 aliphatic carbocycles. The molecule has 3 nitrogen and oxygen atoms in total. The van der Waals surface area contributed by atoms with E-state index >= 15 is 0 Å². The zero-order valence-electron chi connectivity index (χ0n) is 28.1. The SMILES string of the molecule is COc1ccc(N(c2ccc3c(c2)C(C)(C)c2ccccc2-3)c2ccc3c4ccccc4n(-c4ccc5sc6ccccc6c5c4)c3c2)cc1. The number of anilines is 3. The van der Waals surface area contributed by atoms with Crippen molar-refractivity contribution in [2.24, 2.45) is 0 Å². The van der Waals surface area contributed by atoms with Crippen LogP contribution in [-0.2, 0) is 5.41 Å². The summed E-state index contributed by atoms with van der Waals surface area (Å²) in [6.07, 6.45) is 0. The van der Waals surface area contributed by atoms with Crippen molar-refractivity contribution < 1.29 is 4.74 Å². The molecule has 2 heterocycles. The predicted octanol–water partition coefficient (Wildman–Crippen LogP) is 12.9. The minimum atomic E-state index is -0.103. The van der Waals surface area contributed by atoms with Gasteiger partial charge in [-0.05, 0) is 101 Å². The molecule has 0 fully saturated rings. The predicted molar refractivity (Wildman–Crippen MR) is 212 cm³/mol. The number of aromatic nitrogens is 1. The van der Waals surface area contributed by atoms with Gasteiger partial charge in [0, 0.05) is 59.1 Å². The van der Waals surface area contributed by atoms with Crippen LogP contribution in [0.5, 0.6) is 5.75 Å². The lowest BCUT2D eigenvalue weighted by Gasteiger charge is -2.28. The lowest BCUT2D eigenvalue weighted by Crippen LogP contribution is -2.16. The Bertz CT molecular complexity index is 2790. The largest absolute Gasteiger partial charge is 0.497 e. The summed E-state index contributed by atoms with van der Waals surface area (Å²) < 4.78 is 10.6. The molecular formula is C46H34N2OS. The molecule has 240 valence electrons. The first kappa shape index (κ1) is 29.1. The number of hydrogen-bond acceptors (Lipinski definition) is 3. The summed E-state index contributed by atoms with van der Waals surface area (Å²) in [4.78, 5) is 2.38. The fourth-order valence-corrected chi connectivity index (χ4v) is 9.33. The van der Waals surface area contributed by atoms with Gasteiger partial charge in [-0.2, -0.15) is 0 Å². The lowest BCUT2D eigenvalue weighted by atomic mass is 9.82. The average Bonchev–Trinajstić information content (AvgIpc) is 3.77. The second-order valence-corrected chi connectivity index (χ2v) is 14.9. The van der Waals surface area contributed by atoms with E-state index in [1.807, 2.05) is 23.5 Å². The van der Waals surface area contributed by atoms with Gasteiger partial charge in [-0.25, -0.2) is 0 Å². The van der Waals surface area contributed by atoms with E-state index in [4.69, 9.17) is 4.74 Å². The molecule has 0 atom stereocenters. The summed E-state index contributed by atoms with van der Waals surface area (Å²) in [5.41, 5.74) is 12.1. The molecule has 0 unspecified atom stereocenters. The van der Waals surface area contributed by atoms with Crippen molar-refractivity contribution in [3.8, 4) is 22.6 Å². The molecule has 0 saturated heterocycles. The fraction of sp³-hybridized carbons (Fsp3) is 0.0870. The lowest BCUT2D eigenvalue weighted by molar-refractivity contribution is 0.415. The number of nitrogens with zero attached hydrogens (tertiary/aromatic N) is 2. The van der Waals surface area contributed by atoms with Crippen LogP contribution in [0.4, 0.5) is 17.1 Å². The summed E-state index contributed by atoms with van der Waals surface area (Å²) in [5.74, 6) is 0.839. The molecular weight excluding hydrogens is 629 g/mol. The van der Waals surface area contributed by atoms with E-state index in [1.54, 1.807) is 7.11 Å². The Morgan fingerprint density at radius 2 is 1.18 bits per heavy atom. The molecule has 10 rings (SSSR count). The standard InChI is InChI=1S/C46H34N2OS/c1-46(2)40-13-7-4-10-34(40)35-23-18-31(27-41(35)46)47(29-16-21-33(49-3)22-17-29)32-19-24-37-36-11-5-8-14-42(36)48(43(37)28-32)30-20-25-45-39(26-30)38-12-6-9-15-44(38)50-45/h4-28H,1-3H3. The molecule has 9 aromatic rings. The Labute approximate surface area is 295 Å². The number of hydrogen-bond donors (Lipinski definition) is 0. The minimum Gasteiger partial charge on any atom is -0.497 e. The van der Waals surface area contributed by atoms with Crippen molar-refractivity contribution in [1.29, 1.82) is 0 Å². The molecule has 0 bridgehead atoms. The molecule has 1 aliphatic rings. The molecule has 0 radical (unpaired) electrons. The first-order valence-corrected chi connectivity index (χ1v) is 17.9. The highest BCUT2D eigenvalue weighted by Gasteiger charge is 2.35. The van der Waals surface area contributed by atoms with E-state index in [9.17, 15) is 0 Å². The number of methoxy groups -OCH3 is 1. The zero-order valence-corrected chi connectivity index (χ0v) is 29.0. The van der Waals surface area contributed by atoms with Crippen LogP contribution >= 0.6 is 11.3 Å². The zero-order chi connectivity index (χ0) is 33.6. The number of para-hydroxylation sites is 1. The van der Waals surface area contributed by atoms with E-state index in [0.29, 0.717) is 0 Å². The molecule has 2 aromatic heterocycles. The topological polar surface area (TPSA) is 17.4 Å². The van der Waals surface area contributed by atoms with Crippen LogP contribution in [0.15, 0.2) is 152 Å². The highest BCUT2D eigenvalue weighted by molar-refractivity contribution is 7.25. The number of rotatable bonds is 5. The number of benzene rings is 7. The van der Waals surface area contributed by atoms with Crippen LogP contribution in [-0.4, -0.2) is 11.7 Å². The molecule has 0 saturated carbocycles. The Morgan fingerprint density at radius 3 is 2.04 bits per heavy atom. The van der Waals surface area contributed by atoms with Gasteiger partial charge in [-0.1, -0.05) is 86.6 Å². The van der Waals surface area contributed by atoms with Gasteiger partial charge in [0.2, 0.25) is 0 Å². The summed E-state index contributed by atoms with van der Waals surface area (Å²) in [6.45, 7) is 4.69. The van der Waals surface area contributed by atoms with Gasteiger partial charge in [-0.3, -0.25) is 0 Å². The van der Waals surface area contributed by atoms with E-state index in [0.717, 1.165) is 28.5 Å². The average molecular weight is 663 g/mol. The van der Waals surface area contributed by atoms with Crippen molar-refractivity contribution in [3.63, 3.8) is 0 Å². The summed E-state index contributed by atoms with van der Waals surface area (Å²) in [5, 5.41) is 5.09. The maximum Gasteiger partial charge on any atom is 0.119 e. The quantitative estimate of drug-likeness (QED) is 0.182. The summed E-state index contributed by atoms with van der Waals surface area (Å²) >= 11 is 1.86.